The lowest BCUT2D eigenvalue weighted by atomic mass is 9.97. The third kappa shape index (κ3) is 4.09. The molecule has 9 heteroatoms. The number of carbonyl (C=O) groups is 4. The van der Waals surface area contributed by atoms with Crippen molar-refractivity contribution in [2.45, 2.75) is 45.4 Å². The van der Waals surface area contributed by atoms with E-state index < -0.39 is 48.2 Å². The van der Waals surface area contributed by atoms with Crippen LogP contribution >= 0.6 is 0 Å². The summed E-state index contributed by atoms with van der Waals surface area (Å²) in [4.78, 5) is 48.0. The Balaban J connectivity index is 2.61. The minimum absolute atomic E-state index is 0.514. The number of urea groups is 1. The van der Waals surface area contributed by atoms with Crippen LogP contribution in [0.1, 0.15) is 27.7 Å². The lowest BCUT2D eigenvalue weighted by Gasteiger charge is -2.44. The van der Waals surface area contributed by atoms with Gasteiger partial charge in [-0.15, -0.1) is 0 Å². The number of amides is 4. The molecule has 1 saturated heterocycles. The molecule has 22 heavy (non-hydrogen) atoms. The highest BCUT2D eigenvalue weighted by atomic mass is 16.6. The highest BCUT2D eigenvalue weighted by Crippen LogP contribution is 2.22. The van der Waals surface area contributed by atoms with Gasteiger partial charge in [-0.1, -0.05) is 0 Å². The van der Waals surface area contributed by atoms with E-state index in [1.54, 1.807) is 27.7 Å². The van der Waals surface area contributed by atoms with Gasteiger partial charge in [0, 0.05) is 7.05 Å². The van der Waals surface area contributed by atoms with Crippen LogP contribution in [0, 0.1) is 0 Å². The van der Waals surface area contributed by atoms with Crippen LogP contribution in [0.15, 0.2) is 0 Å². The van der Waals surface area contributed by atoms with Gasteiger partial charge in [0.05, 0.1) is 6.04 Å². The van der Waals surface area contributed by atoms with Crippen LogP contribution in [0.4, 0.5) is 9.59 Å². The van der Waals surface area contributed by atoms with Gasteiger partial charge in [0.1, 0.15) is 18.2 Å². The van der Waals surface area contributed by atoms with E-state index in [1.807, 2.05) is 0 Å². The molecule has 9 nitrogen and oxygen atoms in total. The average Bonchev–Trinajstić information content (AvgIpc) is 2.33. The van der Waals surface area contributed by atoms with Crippen molar-refractivity contribution in [1.29, 1.82) is 0 Å². The number of carboxylic acid groups (broad SMARTS) is 1. The summed E-state index contributed by atoms with van der Waals surface area (Å²) in [6.07, 6.45) is -0.747. The number of imide groups is 1. The van der Waals surface area contributed by atoms with Crippen molar-refractivity contribution in [3.63, 3.8) is 0 Å². The van der Waals surface area contributed by atoms with Gasteiger partial charge in [0.2, 0.25) is 0 Å². The summed E-state index contributed by atoms with van der Waals surface area (Å²) in [5, 5.41) is 11.0. The first-order chi connectivity index (χ1) is 9.94. The van der Waals surface area contributed by atoms with Crippen LogP contribution in [-0.2, 0) is 14.3 Å². The molecule has 124 valence electrons. The zero-order valence-corrected chi connectivity index (χ0v) is 13.2. The van der Waals surface area contributed by atoms with Gasteiger partial charge in [-0.25, -0.2) is 9.59 Å². The minimum atomic E-state index is -1.18. The Labute approximate surface area is 128 Å². The zero-order chi connectivity index (χ0) is 17.2. The zero-order valence-electron chi connectivity index (χ0n) is 13.2. The van der Waals surface area contributed by atoms with E-state index in [9.17, 15) is 19.2 Å². The fourth-order valence-electron chi connectivity index (χ4n) is 1.96. The molecule has 0 aromatic rings. The Morgan fingerprint density at radius 1 is 1.36 bits per heavy atom. The van der Waals surface area contributed by atoms with E-state index >= 15 is 0 Å². The molecular weight excluding hydrogens is 294 g/mol. The quantitative estimate of drug-likeness (QED) is 0.721. The second-order valence-corrected chi connectivity index (χ2v) is 6.11. The molecule has 4 amide bonds. The van der Waals surface area contributed by atoms with Crippen molar-refractivity contribution in [2.24, 2.45) is 0 Å². The molecule has 0 aromatic carbocycles. The molecule has 1 fully saturated rings. The Kier molecular flexibility index (Phi) is 5.00. The maximum absolute atomic E-state index is 12.0. The number of carbonyl (C=O) groups excluding carboxylic acids is 3. The minimum Gasteiger partial charge on any atom is -0.480 e. The standard InChI is InChI=1S/C13H21N3O6/c1-7-9(14-11(20)22-13(2,3)4)10(19)16(7)12(21)15(5)6-8(17)18/h7,9H,6H2,1-5H3,(H,14,20)(H,17,18). The first-order valence-electron chi connectivity index (χ1n) is 6.73. The third-order valence-corrected chi connectivity index (χ3v) is 2.97. The molecular formula is C13H21N3O6. The highest BCUT2D eigenvalue weighted by molar-refractivity contribution is 6.04. The number of ether oxygens (including phenoxy) is 1. The molecule has 2 N–H and O–H groups in total. The number of nitrogens with zero attached hydrogens (tertiary/aromatic N) is 2. The van der Waals surface area contributed by atoms with Crippen LogP contribution in [0.5, 0.6) is 0 Å². The fraction of sp³-hybridized carbons (Fsp3) is 0.692. The normalized spacial score (nSPS) is 21.0. The molecule has 0 aromatic heterocycles. The van der Waals surface area contributed by atoms with E-state index in [0.29, 0.717) is 0 Å². The lowest BCUT2D eigenvalue weighted by Crippen LogP contribution is -2.72. The number of hydrogen-bond donors (Lipinski definition) is 2. The molecule has 0 spiro atoms. The van der Waals surface area contributed by atoms with E-state index in [0.717, 1.165) is 9.80 Å². The molecule has 0 bridgehead atoms. The van der Waals surface area contributed by atoms with E-state index in [4.69, 9.17) is 9.84 Å². The number of aliphatic carboxylic acids is 1. The molecule has 1 aliphatic heterocycles. The lowest BCUT2D eigenvalue weighted by molar-refractivity contribution is -0.146. The summed E-state index contributed by atoms with van der Waals surface area (Å²) in [5.41, 5.74) is -0.697. The Bertz CT molecular complexity index is 498. The summed E-state index contributed by atoms with van der Waals surface area (Å²) < 4.78 is 5.04. The maximum atomic E-state index is 12.0. The van der Waals surface area contributed by atoms with Gasteiger partial charge in [0.25, 0.3) is 5.91 Å². The Morgan fingerprint density at radius 3 is 2.32 bits per heavy atom. The van der Waals surface area contributed by atoms with Crippen molar-refractivity contribution in [1.82, 2.24) is 15.1 Å². The average molecular weight is 315 g/mol. The van der Waals surface area contributed by atoms with Gasteiger partial charge in [0.15, 0.2) is 0 Å². The van der Waals surface area contributed by atoms with Gasteiger partial charge in [-0.05, 0) is 27.7 Å². The molecule has 1 aliphatic rings. The predicted molar refractivity (Wildman–Crippen MR) is 75.1 cm³/mol. The molecule has 2 atom stereocenters. The van der Waals surface area contributed by atoms with Crippen molar-refractivity contribution in [2.75, 3.05) is 13.6 Å². The summed E-state index contributed by atoms with van der Waals surface area (Å²) >= 11 is 0. The fourth-order valence-corrected chi connectivity index (χ4v) is 1.96. The molecule has 2 unspecified atom stereocenters. The van der Waals surface area contributed by atoms with Crippen LogP contribution < -0.4 is 5.32 Å². The number of likely N-dealkylation sites (N-methyl/N-ethyl adjacent to an activating group) is 1. The van der Waals surface area contributed by atoms with Gasteiger partial charge in [-0.2, -0.15) is 0 Å². The van der Waals surface area contributed by atoms with Gasteiger partial charge in [-0.3, -0.25) is 14.5 Å². The van der Waals surface area contributed by atoms with Crippen molar-refractivity contribution in [3.05, 3.63) is 0 Å². The topological polar surface area (TPSA) is 116 Å². The van der Waals surface area contributed by atoms with Crippen LogP contribution in [0.2, 0.25) is 0 Å². The highest BCUT2D eigenvalue weighted by Gasteiger charge is 2.50. The number of β-lactam (4-membered cyclic amide) rings is 1. The van der Waals surface area contributed by atoms with E-state index in [2.05, 4.69) is 5.32 Å². The Hall–Kier alpha value is -2.32. The second kappa shape index (κ2) is 6.20. The first-order valence-corrected chi connectivity index (χ1v) is 6.73. The molecule has 1 heterocycles. The van der Waals surface area contributed by atoms with Gasteiger partial charge >= 0.3 is 18.1 Å². The molecule has 0 radical (unpaired) electrons. The maximum Gasteiger partial charge on any atom is 0.408 e. The number of likely N-dealkylation sites (tertiary alicyclic amines) is 1. The number of nitrogens with one attached hydrogen (secondary N) is 1. The van der Waals surface area contributed by atoms with Crippen molar-refractivity contribution >= 4 is 24.0 Å². The smallest absolute Gasteiger partial charge is 0.408 e. The Morgan fingerprint density at radius 2 is 1.91 bits per heavy atom. The van der Waals surface area contributed by atoms with Crippen molar-refractivity contribution < 1.29 is 29.0 Å². The van der Waals surface area contributed by atoms with Gasteiger partial charge < -0.3 is 20.1 Å². The number of hydrogen-bond acceptors (Lipinski definition) is 5. The monoisotopic (exact) mass is 315 g/mol. The number of alkyl carbamates (subject to hydrolysis) is 1. The van der Waals surface area contributed by atoms with Crippen LogP contribution in [0.25, 0.3) is 0 Å². The molecule has 1 rings (SSSR count). The summed E-state index contributed by atoms with van der Waals surface area (Å²) in [7, 11) is 1.28. The van der Waals surface area contributed by atoms with E-state index in [-0.39, 0.29) is 0 Å². The van der Waals surface area contributed by atoms with Crippen LogP contribution in [-0.4, -0.2) is 70.2 Å². The predicted octanol–water partition coefficient (Wildman–Crippen LogP) is 0.247. The summed E-state index contributed by atoms with van der Waals surface area (Å²) in [6, 6.07) is -2.16. The third-order valence-electron chi connectivity index (χ3n) is 2.97. The first kappa shape index (κ1) is 17.7. The summed E-state index contributed by atoms with van der Waals surface area (Å²) in [6.45, 7) is 6.13. The number of carboxylic acids is 1. The second-order valence-electron chi connectivity index (χ2n) is 6.11. The summed E-state index contributed by atoms with van der Waals surface area (Å²) in [5.74, 6) is -1.78. The largest absolute Gasteiger partial charge is 0.480 e. The SMILES string of the molecule is CC1C(NC(=O)OC(C)(C)C)C(=O)N1C(=O)N(C)CC(=O)O. The van der Waals surface area contributed by atoms with Crippen molar-refractivity contribution in [3.8, 4) is 0 Å². The number of rotatable bonds is 3. The molecule has 0 saturated carbocycles. The van der Waals surface area contributed by atoms with E-state index in [1.165, 1.54) is 7.05 Å². The molecule has 0 aliphatic carbocycles. The van der Waals surface area contributed by atoms with Crippen LogP contribution in [0.3, 0.4) is 0 Å².